The van der Waals surface area contributed by atoms with Gasteiger partial charge in [-0.3, -0.25) is 0 Å². The predicted octanol–water partition coefficient (Wildman–Crippen LogP) is 4.82. The molecule has 0 aliphatic heterocycles. The number of H-pyrrole nitrogens is 1. The third kappa shape index (κ3) is 2.46. The highest BCUT2D eigenvalue weighted by Gasteiger charge is 2.37. The van der Waals surface area contributed by atoms with Crippen LogP contribution in [0.25, 0.3) is 10.9 Å². The van der Waals surface area contributed by atoms with E-state index in [0.29, 0.717) is 0 Å². The number of likely N-dealkylation sites (N-methyl/N-ethyl adjacent to an activating group) is 1. The summed E-state index contributed by atoms with van der Waals surface area (Å²) in [5.41, 5.74) is 5.38. The van der Waals surface area contributed by atoms with E-state index in [9.17, 15) is 0 Å². The van der Waals surface area contributed by atoms with Gasteiger partial charge < -0.3 is 10.3 Å². The van der Waals surface area contributed by atoms with Crippen molar-refractivity contribution in [2.45, 2.75) is 31.2 Å². The Labute approximate surface area is 141 Å². The first-order valence-electron chi connectivity index (χ1n) is 8.25. The van der Waals surface area contributed by atoms with Gasteiger partial charge in [0.25, 0.3) is 0 Å². The van der Waals surface area contributed by atoms with Gasteiger partial charge in [-0.15, -0.1) is 0 Å². The standard InChI is InChI=1S/C20H21ClN2/c1-22-20(13-14-8-10-15(21)11-9-14)12-4-6-17-16-5-2-3-7-18(16)23-19(17)20/h2-3,5,7-11,22-23H,4,6,12-13H2,1H3. The van der Waals surface area contributed by atoms with E-state index in [2.05, 4.69) is 53.7 Å². The third-order valence-electron chi connectivity index (χ3n) is 5.22. The van der Waals surface area contributed by atoms with Crippen LogP contribution in [0.3, 0.4) is 0 Å². The van der Waals surface area contributed by atoms with E-state index in [1.54, 1.807) is 0 Å². The maximum absolute atomic E-state index is 6.04. The number of nitrogens with one attached hydrogen (secondary N) is 2. The van der Waals surface area contributed by atoms with Gasteiger partial charge in [0.2, 0.25) is 0 Å². The van der Waals surface area contributed by atoms with Crippen molar-refractivity contribution < 1.29 is 0 Å². The van der Waals surface area contributed by atoms with Crippen LogP contribution in [0.15, 0.2) is 48.5 Å². The minimum Gasteiger partial charge on any atom is -0.357 e. The Hall–Kier alpha value is -1.77. The molecule has 0 amide bonds. The molecule has 118 valence electrons. The molecule has 0 spiro atoms. The van der Waals surface area contributed by atoms with Crippen LogP contribution < -0.4 is 5.32 Å². The van der Waals surface area contributed by atoms with Crippen LogP contribution in [-0.4, -0.2) is 12.0 Å². The smallest absolute Gasteiger partial charge is 0.0628 e. The molecule has 0 fully saturated rings. The van der Waals surface area contributed by atoms with E-state index in [0.717, 1.165) is 24.3 Å². The number of hydrogen-bond donors (Lipinski definition) is 2. The monoisotopic (exact) mass is 324 g/mol. The average Bonchev–Trinajstić information content (AvgIpc) is 2.97. The van der Waals surface area contributed by atoms with Crippen LogP contribution in [-0.2, 0) is 18.4 Å². The lowest BCUT2D eigenvalue weighted by Crippen LogP contribution is -2.45. The van der Waals surface area contributed by atoms with E-state index in [4.69, 9.17) is 11.6 Å². The molecule has 1 atom stereocenters. The van der Waals surface area contributed by atoms with E-state index >= 15 is 0 Å². The molecule has 3 aromatic rings. The molecule has 4 rings (SSSR count). The van der Waals surface area contributed by atoms with Crippen LogP contribution >= 0.6 is 11.6 Å². The first kappa shape index (κ1) is 14.8. The average molecular weight is 325 g/mol. The highest BCUT2D eigenvalue weighted by molar-refractivity contribution is 6.30. The van der Waals surface area contributed by atoms with Gasteiger partial charge in [0.15, 0.2) is 0 Å². The first-order valence-corrected chi connectivity index (χ1v) is 8.63. The summed E-state index contributed by atoms with van der Waals surface area (Å²) in [6, 6.07) is 16.9. The van der Waals surface area contributed by atoms with Gasteiger partial charge in [-0.05, 0) is 62.1 Å². The van der Waals surface area contributed by atoms with Crippen LogP contribution in [0.4, 0.5) is 0 Å². The summed E-state index contributed by atoms with van der Waals surface area (Å²) >= 11 is 6.04. The molecule has 0 saturated heterocycles. The fraction of sp³-hybridized carbons (Fsp3) is 0.300. The van der Waals surface area contributed by atoms with Gasteiger partial charge in [-0.2, -0.15) is 0 Å². The Morgan fingerprint density at radius 1 is 1.13 bits per heavy atom. The number of aromatic nitrogens is 1. The van der Waals surface area contributed by atoms with Crippen molar-refractivity contribution in [3.05, 3.63) is 70.4 Å². The second-order valence-corrected chi connectivity index (χ2v) is 6.95. The molecule has 2 aromatic carbocycles. The summed E-state index contributed by atoms with van der Waals surface area (Å²) in [6.07, 6.45) is 4.49. The Morgan fingerprint density at radius 3 is 2.70 bits per heavy atom. The number of fused-ring (bicyclic) bond motifs is 3. The molecule has 3 heteroatoms. The molecule has 1 aromatic heterocycles. The van der Waals surface area contributed by atoms with E-state index in [-0.39, 0.29) is 5.54 Å². The zero-order valence-electron chi connectivity index (χ0n) is 13.3. The first-order chi connectivity index (χ1) is 11.2. The summed E-state index contributed by atoms with van der Waals surface area (Å²) in [4.78, 5) is 3.70. The molecule has 0 radical (unpaired) electrons. The molecule has 23 heavy (non-hydrogen) atoms. The topological polar surface area (TPSA) is 27.8 Å². The van der Waals surface area contributed by atoms with E-state index < -0.39 is 0 Å². The molecule has 1 aliphatic carbocycles. The number of halogens is 1. The van der Waals surface area contributed by atoms with Gasteiger partial charge in [-0.1, -0.05) is 41.9 Å². The van der Waals surface area contributed by atoms with Crippen molar-refractivity contribution in [1.29, 1.82) is 0 Å². The number of rotatable bonds is 3. The SMILES string of the molecule is CNC1(Cc2ccc(Cl)cc2)CCCc2c1[nH]c1ccccc21. The summed E-state index contributed by atoms with van der Waals surface area (Å²) in [7, 11) is 2.08. The molecule has 1 heterocycles. The molecule has 0 saturated carbocycles. The molecule has 0 bridgehead atoms. The van der Waals surface area contributed by atoms with Crippen LogP contribution in [0.5, 0.6) is 0 Å². The second-order valence-electron chi connectivity index (χ2n) is 6.51. The van der Waals surface area contributed by atoms with Crippen molar-refractivity contribution in [1.82, 2.24) is 10.3 Å². The maximum atomic E-state index is 6.04. The normalized spacial score (nSPS) is 20.6. The predicted molar refractivity (Wildman–Crippen MR) is 97.1 cm³/mol. The molecule has 2 N–H and O–H groups in total. The second kappa shape index (κ2) is 5.70. The molecule has 2 nitrogen and oxygen atoms in total. The largest absolute Gasteiger partial charge is 0.357 e. The van der Waals surface area contributed by atoms with E-state index in [1.165, 1.54) is 34.1 Å². The highest BCUT2D eigenvalue weighted by atomic mass is 35.5. The summed E-state index contributed by atoms with van der Waals surface area (Å²) < 4.78 is 0. The van der Waals surface area contributed by atoms with Gasteiger partial charge in [0.1, 0.15) is 0 Å². The van der Waals surface area contributed by atoms with Crippen LogP contribution in [0, 0.1) is 0 Å². The van der Waals surface area contributed by atoms with Crippen LogP contribution in [0.1, 0.15) is 29.7 Å². The quantitative estimate of drug-likeness (QED) is 0.710. The molecular weight excluding hydrogens is 304 g/mol. The van der Waals surface area contributed by atoms with Crippen molar-refractivity contribution in [3.63, 3.8) is 0 Å². The summed E-state index contributed by atoms with van der Waals surface area (Å²) in [5.74, 6) is 0. The lowest BCUT2D eigenvalue weighted by atomic mass is 9.76. The minimum atomic E-state index is -0.0273. The molecule has 1 aliphatic rings. The van der Waals surface area contributed by atoms with Gasteiger partial charge in [-0.25, -0.2) is 0 Å². The van der Waals surface area contributed by atoms with Crippen molar-refractivity contribution in [2.75, 3.05) is 7.05 Å². The Morgan fingerprint density at radius 2 is 1.91 bits per heavy atom. The lowest BCUT2D eigenvalue weighted by Gasteiger charge is -2.37. The minimum absolute atomic E-state index is 0.0273. The van der Waals surface area contributed by atoms with E-state index in [1.807, 2.05) is 12.1 Å². The Bertz CT molecular complexity index is 834. The fourth-order valence-electron chi connectivity index (χ4n) is 4.03. The number of aromatic amines is 1. The third-order valence-corrected chi connectivity index (χ3v) is 5.47. The van der Waals surface area contributed by atoms with Crippen molar-refractivity contribution in [2.24, 2.45) is 0 Å². The van der Waals surface area contributed by atoms with Crippen molar-refractivity contribution >= 4 is 22.5 Å². The number of hydrogen-bond acceptors (Lipinski definition) is 1. The zero-order chi connectivity index (χ0) is 15.9. The number of benzene rings is 2. The van der Waals surface area contributed by atoms with Gasteiger partial charge in [0.05, 0.1) is 5.54 Å². The molecule has 1 unspecified atom stereocenters. The highest BCUT2D eigenvalue weighted by Crippen LogP contribution is 2.40. The number of para-hydroxylation sites is 1. The maximum Gasteiger partial charge on any atom is 0.0628 e. The Balaban J connectivity index is 1.82. The lowest BCUT2D eigenvalue weighted by molar-refractivity contribution is 0.297. The van der Waals surface area contributed by atoms with Crippen molar-refractivity contribution in [3.8, 4) is 0 Å². The number of aryl methyl sites for hydroxylation is 1. The van der Waals surface area contributed by atoms with Gasteiger partial charge in [0, 0.05) is 21.6 Å². The van der Waals surface area contributed by atoms with Crippen LogP contribution in [0.2, 0.25) is 5.02 Å². The summed E-state index contributed by atoms with van der Waals surface area (Å²) in [5, 5.41) is 5.80. The molecular formula is C20H21ClN2. The Kier molecular flexibility index (Phi) is 3.67. The summed E-state index contributed by atoms with van der Waals surface area (Å²) in [6.45, 7) is 0. The van der Waals surface area contributed by atoms with Gasteiger partial charge >= 0.3 is 0 Å². The zero-order valence-corrected chi connectivity index (χ0v) is 14.1. The fourth-order valence-corrected chi connectivity index (χ4v) is 4.15.